The number of benzene rings is 1. The van der Waals surface area contributed by atoms with E-state index in [1.807, 2.05) is 17.0 Å². The minimum atomic E-state index is -0.0643. The fourth-order valence-corrected chi connectivity index (χ4v) is 2.95. The van der Waals surface area contributed by atoms with Gasteiger partial charge in [0.2, 0.25) is 5.91 Å². The third kappa shape index (κ3) is 2.45. The zero-order valence-corrected chi connectivity index (χ0v) is 11.4. The van der Waals surface area contributed by atoms with Gasteiger partial charge in [0, 0.05) is 38.3 Å². The van der Waals surface area contributed by atoms with Crippen LogP contribution in [0.1, 0.15) is 12.5 Å². The number of fused-ring (bicyclic) bond motifs is 1. The molecule has 1 saturated heterocycles. The van der Waals surface area contributed by atoms with Crippen LogP contribution < -0.4 is 5.32 Å². The van der Waals surface area contributed by atoms with E-state index in [0.29, 0.717) is 0 Å². The van der Waals surface area contributed by atoms with Gasteiger partial charge in [0.15, 0.2) is 0 Å². The summed E-state index contributed by atoms with van der Waals surface area (Å²) in [5.74, 6) is 0.256. The molecule has 1 aromatic carbocycles. The lowest BCUT2D eigenvalue weighted by Gasteiger charge is -2.35. The van der Waals surface area contributed by atoms with Crippen LogP contribution in [0.2, 0.25) is 0 Å². The number of carbonyl (C=O) groups excluding carboxylic acids is 1. The molecule has 0 spiro atoms. The van der Waals surface area contributed by atoms with Crippen molar-refractivity contribution in [2.75, 3.05) is 38.0 Å². The number of amides is 1. The van der Waals surface area contributed by atoms with Gasteiger partial charge < -0.3 is 15.1 Å². The number of para-hydroxylation sites is 1. The summed E-state index contributed by atoms with van der Waals surface area (Å²) >= 11 is 0. The van der Waals surface area contributed by atoms with Gasteiger partial charge in [-0.1, -0.05) is 25.1 Å². The second-order valence-corrected chi connectivity index (χ2v) is 5.32. The Morgan fingerprint density at radius 2 is 2.00 bits per heavy atom. The van der Waals surface area contributed by atoms with Gasteiger partial charge in [0.1, 0.15) is 6.04 Å². The van der Waals surface area contributed by atoms with Crippen LogP contribution in [-0.4, -0.2) is 54.5 Å². The van der Waals surface area contributed by atoms with Crippen LogP contribution >= 0.6 is 0 Å². The molecule has 0 radical (unpaired) electrons. The Kier molecular flexibility index (Phi) is 3.42. The Labute approximate surface area is 114 Å². The maximum Gasteiger partial charge on any atom is 0.245 e. The first-order chi connectivity index (χ1) is 9.28. The fraction of sp³-hybridized carbons (Fsp3) is 0.533. The van der Waals surface area contributed by atoms with E-state index < -0.39 is 0 Å². The molecule has 1 fully saturated rings. The fourth-order valence-electron chi connectivity index (χ4n) is 2.95. The van der Waals surface area contributed by atoms with E-state index in [2.05, 4.69) is 29.3 Å². The van der Waals surface area contributed by atoms with Crippen LogP contribution in [0.4, 0.5) is 5.69 Å². The quantitative estimate of drug-likeness (QED) is 0.866. The topological polar surface area (TPSA) is 35.6 Å². The minimum absolute atomic E-state index is 0.0643. The monoisotopic (exact) mass is 259 g/mol. The van der Waals surface area contributed by atoms with Crippen molar-refractivity contribution in [1.82, 2.24) is 9.80 Å². The minimum Gasteiger partial charge on any atom is -0.373 e. The highest BCUT2D eigenvalue weighted by atomic mass is 16.2. The van der Waals surface area contributed by atoms with Gasteiger partial charge in [-0.3, -0.25) is 4.79 Å². The van der Waals surface area contributed by atoms with Crippen LogP contribution in [0.15, 0.2) is 24.3 Å². The van der Waals surface area contributed by atoms with E-state index in [1.165, 1.54) is 5.56 Å². The first-order valence-electron chi connectivity index (χ1n) is 7.13. The molecule has 4 heteroatoms. The number of rotatable bonds is 2. The molecule has 1 atom stereocenters. The van der Waals surface area contributed by atoms with Gasteiger partial charge in [-0.05, 0) is 18.2 Å². The first-order valence-corrected chi connectivity index (χ1v) is 7.13. The second kappa shape index (κ2) is 5.21. The summed E-state index contributed by atoms with van der Waals surface area (Å²) in [5.41, 5.74) is 2.38. The zero-order chi connectivity index (χ0) is 13.2. The highest BCUT2D eigenvalue weighted by molar-refractivity contribution is 5.87. The number of carbonyl (C=O) groups is 1. The molecule has 0 aliphatic carbocycles. The van der Waals surface area contributed by atoms with Crippen molar-refractivity contribution in [3.63, 3.8) is 0 Å². The normalized spacial score (nSPS) is 23.0. The molecule has 4 nitrogen and oxygen atoms in total. The molecule has 1 unspecified atom stereocenters. The number of hydrogen-bond donors (Lipinski definition) is 1. The molecule has 1 amide bonds. The SMILES string of the molecule is CCN1CCN(C(=O)C2Cc3ccccc3N2)CC1. The molecule has 2 aliphatic rings. The van der Waals surface area contributed by atoms with Crippen LogP contribution in [0, 0.1) is 0 Å². The number of anilines is 1. The summed E-state index contributed by atoms with van der Waals surface area (Å²) in [7, 11) is 0. The van der Waals surface area contributed by atoms with E-state index in [1.54, 1.807) is 0 Å². The molecule has 0 bridgehead atoms. The molecule has 1 aromatic rings. The van der Waals surface area contributed by atoms with Crippen molar-refractivity contribution in [1.29, 1.82) is 0 Å². The Morgan fingerprint density at radius 1 is 1.26 bits per heavy atom. The molecular weight excluding hydrogens is 238 g/mol. The average Bonchev–Trinajstić information content (AvgIpc) is 2.90. The molecule has 1 N–H and O–H groups in total. The Bertz CT molecular complexity index is 441. The maximum absolute atomic E-state index is 12.5. The lowest BCUT2D eigenvalue weighted by molar-refractivity contribution is -0.133. The maximum atomic E-state index is 12.5. The predicted molar refractivity (Wildman–Crippen MR) is 76.3 cm³/mol. The van der Waals surface area contributed by atoms with Gasteiger partial charge in [-0.2, -0.15) is 0 Å². The largest absolute Gasteiger partial charge is 0.373 e. The van der Waals surface area contributed by atoms with Crippen molar-refractivity contribution in [2.24, 2.45) is 0 Å². The van der Waals surface area contributed by atoms with Crippen LogP contribution in [0.25, 0.3) is 0 Å². The lowest BCUT2D eigenvalue weighted by Crippen LogP contribution is -2.52. The number of likely N-dealkylation sites (N-methyl/N-ethyl adjacent to an activating group) is 1. The molecule has 0 aromatic heterocycles. The summed E-state index contributed by atoms with van der Waals surface area (Å²) in [5, 5.41) is 3.35. The Hall–Kier alpha value is -1.55. The lowest BCUT2D eigenvalue weighted by atomic mass is 10.1. The molecule has 102 valence electrons. The predicted octanol–water partition coefficient (Wildman–Crippen LogP) is 1.19. The third-order valence-corrected chi connectivity index (χ3v) is 4.20. The smallest absolute Gasteiger partial charge is 0.245 e. The molecule has 0 saturated carbocycles. The van der Waals surface area contributed by atoms with Gasteiger partial charge in [0.05, 0.1) is 0 Å². The highest BCUT2D eigenvalue weighted by Crippen LogP contribution is 2.26. The van der Waals surface area contributed by atoms with Crippen molar-refractivity contribution in [3.8, 4) is 0 Å². The molecule has 2 heterocycles. The Balaban J connectivity index is 1.61. The van der Waals surface area contributed by atoms with Crippen LogP contribution in [-0.2, 0) is 11.2 Å². The second-order valence-electron chi connectivity index (χ2n) is 5.32. The molecular formula is C15H21N3O. The number of nitrogens with one attached hydrogen (secondary N) is 1. The summed E-state index contributed by atoms with van der Waals surface area (Å²) in [6.45, 7) is 6.98. The van der Waals surface area contributed by atoms with Gasteiger partial charge in [0.25, 0.3) is 0 Å². The van der Waals surface area contributed by atoms with E-state index in [4.69, 9.17) is 0 Å². The summed E-state index contributed by atoms with van der Waals surface area (Å²) in [6, 6.07) is 8.14. The summed E-state index contributed by atoms with van der Waals surface area (Å²) < 4.78 is 0. The average molecular weight is 259 g/mol. The van der Waals surface area contributed by atoms with Gasteiger partial charge >= 0.3 is 0 Å². The van der Waals surface area contributed by atoms with E-state index in [-0.39, 0.29) is 11.9 Å². The van der Waals surface area contributed by atoms with Crippen molar-refractivity contribution < 1.29 is 4.79 Å². The third-order valence-electron chi connectivity index (χ3n) is 4.20. The summed E-state index contributed by atoms with van der Waals surface area (Å²) in [4.78, 5) is 16.9. The van der Waals surface area contributed by atoms with Crippen molar-refractivity contribution >= 4 is 11.6 Å². The molecule has 19 heavy (non-hydrogen) atoms. The zero-order valence-electron chi connectivity index (χ0n) is 11.4. The van der Waals surface area contributed by atoms with Crippen LogP contribution in [0.5, 0.6) is 0 Å². The van der Waals surface area contributed by atoms with Crippen LogP contribution in [0.3, 0.4) is 0 Å². The van der Waals surface area contributed by atoms with E-state index in [9.17, 15) is 4.79 Å². The van der Waals surface area contributed by atoms with Crippen molar-refractivity contribution in [3.05, 3.63) is 29.8 Å². The Morgan fingerprint density at radius 3 is 2.68 bits per heavy atom. The van der Waals surface area contributed by atoms with Gasteiger partial charge in [-0.15, -0.1) is 0 Å². The number of piperazine rings is 1. The molecule has 3 rings (SSSR count). The van der Waals surface area contributed by atoms with Gasteiger partial charge in [-0.25, -0.2) is 0 Å². The van der Waals surface area contributed by atoms with E-state index in [0.717, 1.165) is 44.8 Å². The standard InChI is InChI=1S/C15H21N3O/c1-2-17-7-9-18(10-8-17)15(19)14-11-12-5-3-4-6-13(12)16-14/h3-6,14,16H,2,7-11H2,1H3. The number of hydrogen-bond acceptors (Lipinski definition) is 3. The molecule has 2 aliphatic heterocycles. The number of nitrogens with zero attached hydrogens (tertiary/aromatic N) is 2. The highest BCUT2D eigenvalue weighted by Gasteiger charge is 2.31. The summed E-state index contributed by atoms with van der Waals surface area (Å²) in [6.07, 6.45) is 0.822. The van der Waals surface area contributed by atoms with E-state index >= 15 is 0 Å². The van der Waals surface area contributed by atoms with Crippen molar-refractivity contribution in [2.45, 2.75) is 19.4 Å². The first kappa shape index (κ1) is 12.5.